The van der Waals surface area contributed by atoms with E-state index in [1.54, 1.807) is 6.07 Å². The number of anilines is 1. The molecule has 2 heterocycles. The monoisotopic (exact) mass is 459 g/mol. The van der Waals surface area contributed by atoms with Crippen LogP contribution in [0.4, 0.5) is 5.69 Å². The Labute approximate surface area is 193 Å². The van der Waals surface area contributed by atoms with Crippen molar-refractivity contribution < 1.29 is 4.79 Å². The summed E-state index contributed by atoms with van der Waals surface area (Å²) in [5.74, 6) is 0.769. The number of carbonyl (C=O) groups excluding carboxylic acids is 1. The van der Waals surface area contributed by atoms with Crippen LogP contribution >= 0.6 is 23.4 Å². The average molecular weight is 460 g/mol. The molecule has 0 bridgehead atoms. The number of amides is 1. The lowest BCUT2D eigenvalue weighted by atomic mass is 10.2. The summed E-state index contributed by atoms with van der Waals surface area (Å²) in [4.78, 5) is 17.3. The van der Waals surface area contributed by atoms with Crippen LogP contribution in [-0.2, 0) is 4.79 Å². The second-order valence-corrected chi connectivity index (χ2v) is 8.63. The van der Waals surface area contributed by atoms with Gasteiger partial charge in [-0.1, -0.05) is 71.9 Å². The summed E-state index contributed by atoms with van der Waals surface area (Å²) in [6.45, 7) is 1.92. The largest absolute Gasteiger partial charge is 0.325 e. The number of hydrogen-bond donors (Lipinski definition) is 1. The molecule has 158 valence electrons. The average Bonchev–Trinajstić information content (AvgIpc) is 3.26. The number of thioether (sulfide) groups is 1. The standard InChI is InChI=1S/C24H18ClN5OS/c1-15-11-12-17(13-18(15)25)26-21(31)14-32-24-23-29-28-22(16-7-3-2-4-8-16)30(23)20-10-6-5-9-19(20)27-24/h2-13H,14H2,1H3,(H,26,31). The molecule has 0 aliphatic heterocycles. The van der Waals surface area contributed by atoms with E-state index in [1.807, 2.05) is 78.1 Å². The summed E-state index contributed by atoms with van der Waals surface area (Å²) in [5.41, 5.74) is 4.93. The molecule has 3 aromatic carbocycles. The van der Waals surface area contributed by atoms with Gasteiger partial charge in [0.05, 0.1) is 16.8 Å². The van der Waals surface area contributed by atoms with Crippen LogP contribution in [0, 0.1) is 6.92 Å². The molecule has 0 saturated carbocycles. The maximum atomic E-state index is 12.6. The first-order chi connectivity index (χ1) is 15.6. The van der Waals surface area contributed by atoms with Gasteiger partial charge in [-0.15, -0.1) is 10.2 Å². The van der Waals surface area contributed by atoms with Gasteiger partial charge >= 0.3 is 0 Å². The highest BCUT2D eigenvalue weighted by atomic mass is 35.5. The van der Waals surface area contributed by atoms with E-state index in [4.69, 9.17) is 16.6 Å². The zero-order valence-electron chi connectivity index (χ0n) is 17.1. The Morgan fingerprint density at radius 3 is 2.62 bits per heavy atom. The van der Waals surface area contributed by atoms with E-state index in [2.05, 4.69) is 15.5 Å². The third-order valence-corrected chi connectivity index (χ3v) is 6.39. The fraction of sp³-hybridized carbons (Fsp3) is 0.0833. The number of carbonyl (C=O) groups is 1. The second kappa shape index (κ2) is 8.61. The number of aryl methyl sites for hydroxylation is 1. The summed E-state index contributed by atoms with van der Waals surface area (Å²) in [6, 6.07) is 23.2. The molecule has 5 aromatic rings. The molecule has 5 rings (SSSR count). The van der Waals surface area contributed by atoms with Crippen LogP contribution in [-0.4, -0.2) is 31.2 Å². The van der Waals surface area contributed by atoms with Crippen molar-refractivity contribution in [1.82, 2.24) is 19.6 Å². The molecule has 8 heteroatoms. The maximum Gasteiger partial charge on any atom is 0.234 e. The fourth-order valence-electron chi connectivity index (χ4n) is 3.43. The molecule has 1 amide bonds. The number of benzene rings is 3. The summed E-state index contributed by atoms with van der Waals surface area (Å²) < 4.78 is 2.00. The summed E-state index contributed by atoms with van der Waals surface area (Å²) in [7, 11) is 0. The van der Waals surface area contributed by atoms with Crippen LogP contribution < -0.4 is 5.32 Å². The molecule has 0 saturated heterocycles. The van der Waals surface area contributed by atoms with Crippen LogP contribution in [0.15, 0.2) is 77.8 Å². The molecule has 0 fully saturated rings. The van der Waals surface area contributed by atoms with E-state index < -0.39 is 0 Å². The lowest BCUT2D eigenvalue weighted by molar-refractivity contribution is -0.113. The van der Waals surface area contributed by atoms with E-state index in [-0.39, 0.29) is 11.7 Å². The number of halogens is 1. The Kier molecular flexibility index (Phi) is 5.51. The van der Waals surface area contributed by atoms with Crippen molar-refractivity contribution in [2.75, 3.05) is 11.1 Å². The van der Waals surface area contributed by atoms with Crippen LogP contribution in [0.3, 0.4) is 0 Å². The van der Waals surface area contributed by atoms with Crippen LogP contribution in [0.25, 0.3) is 28.1 Å². The van der Waals surface area contributed by atoms with Crippen LogP contribution in [0.2, 0.25) is 5.02 Å². The van der Waals surface area contributed by atoms with Gasteiger partial charge in [-0.3, -0.25) is 9.20 Å². The molecule has 2 aromatic heterocycles. The number of hydrogen-bond acceptors (Lipinski definition) is 5. The Balaban J connectivity index is 1.48. The minimum absolute atomic E-state index is 0.147. The van der Waals surface area contributed by atoms with Crippen molar-refractivity contribution in [3.05, 3.63) is 83.4 Å². The van der Waals surface area contributed by atoms with Crippen LogP contribution in [0.5, 0.6) is 0 Å². The molecule has 0 atom stereocenters. The number of nitrogens with zero attached hydrogens (tertiary/aromatic N) is 4. The molecule has 0 aliphatic rings. The molecular weight excluding hydrogens is 442 g/mol. The number of rotatable bonds is 5. The van der Waals surface area contributed by atoms with E-state index in [9.17, 15) is 4.79 Å². The van der Waals surface area contributed by atoms with Crippen molar-refractivity contribution in [1.29, 1.82) is 0 Å². The Morgan fingerprint density at radius 1 is 1.03 bits per heavy atom. The SMILES string of the molecule is Cc1ccc(NC(=O)CSc2nc3ccccc3n3c(-c4ccccc4)nnc23)cc1Cl. The molecule has 0 unspecified atom stereocenters. The molecule has 6 nitrogen and oxygen atoms in total. The van der Waals surface area contributed by atoms with Crippen molar-refractivity contribution in [3.63, 3.8) is 0 Å². The van der Waals surface area contributed by atoms with Gasteiger partial charge in [0.25, 0.3) is 0 Å². The smallest absolute Gasteiger partial charge is 0.234 e. The van der Waals surface area contributed by atoms with E-state index in [0.717, 1.165) is 28.0 Å². The number of aromatic nitrogens is 4. The van der Waals surface area contributed by atoms with Gasteiger partial charge in [0.1, 0.15) is 5.03 Å². The first kappa shape index (κ1) is 20.5. The van der Waals surface area contributed by atoms with Gasteiger partial charge in [-0.2, -0.15) is 0 Å². The Bertz CT molecular complexity index is 1450. The minimum Gasteiger partial charge on any atom is -0.325 e. The number of para-hydroxylation sites is 2. The third kappa shape index (κ3) is 3.92. The summed E-state index contributed by atoms with van der Waals surface area (Å²) in [6.07, 6.45) is 0. The predicted molar refractivity (Wildman–Crippen MR) is 129 cm³/mol. The summed E-state index contributed by atoms with van der Waals surface area (Å²) >= 11 is 7.49. The quantitative estimate of drug-likeness (QED) is 0.344. The Hall–Kier alpha value is -3.42. The number of nitrogens with one attached hydrogen (secondary N) is 1. The number of fused-ring (bicyclic) bond motifs is 3. The zero-order chi connectivity index (χ0) is 22.1. The molecule has 0 aliphatic carbocycles. The van der Waals surface area contributed by atoms with Gasteiger partial charge < -0.3 is 5.32 Å². The van der Waals surface area contributed by atoms with Gasteiger partial charge in [0, 0.05) is 16.3 Å². The summed E-state index contributed by atoms with van der Waals surface area (Å²) in [5, 5.41) is 13.0. The van der Waals surface area contributed by atoms with Crippen molar-refractivity contribution in [2.24, 2.45) is 0 Å². The van der Waals surface area contributed by atoms with Gasteiger partial charge in [0.2, 0.25) is 5.91 Å². The van der Waals surface area contributed by atoms with Crippen molar-refractivity contribution in [2.45, 2.75) is 11.9 Å². The minimum atomic E-state index is -0.147. The lowest BCUT2D eigenvalue weighted by Crippen LogP contribution is -2.14. The Morgan fingerprint density at radius 2 is 1.81 bits per heavy atom. The maximum absolute atomic E-state index is 12.6. The lowest BCUT2D eigenvalue weighted by Gasteiger charge is -2.09. The van der Waals surface area contributed by atoms with Crippen molar-refractivity contribution >= 4 is 51.6 Å². The predicted octanol–water partition coefficient (Wildman–Crippen LogP) is 5.64. The molecule has 0 radical (unpaired) electrons. The first-order valence-electron chi connectivity index (χ1n) is 9.98. The first-order valence-corrected chi connectivity index (χ1v) is 11.3. The molecule has 1 N–H and O–H groups in total. The molecule has 32 heavy (non-hydrogen) atoms. The normalized spacial score (nSPS) is 11.2. The van der Waals surface area contributed by atoms with E-state index in [0.29, 0.717) is 21.4 Å². The second-order valence-electron chi connectivity index (χ2n) is 7.26. The fourth-order valence-corrected chi connectivity index (χ4v) is 4.38. The molecular formula is C24H18ClN5OS. The topological polar surface area (TPSA) is 72.2 Å². The van der Waals surface area contributed by atoms with Gasteiger partial charge in [-0.05, 0) is 36.8 Å². The van der Waals surface area contributed by atoms with Gasteiger partial charge in [-0.25, -0.2) is 4.98 Å². The highest BCUT2D eigenvalue weighted by Crippen LogP contribution is 2.29. The van der Waals surface area contributed by atoms with E-state index >= 15 is 0 Å². The zero-order valence-corrected chi connectivity index (χ0v) is 18.7. The molecule has 0 spiro atoms. The van der Waals surface area contributed by atoms with Crippen molar-refractivity contribution in [3.8, 4) is 11.4 Å². The third-order valence-electron chi connectivity index (χ3n) is 5.03. The van der Waals surface area contributed by atoms with Crippen LogP contribution in [0.1, 0.15) is 5.56 Å². The highest BCUT2D eigenvalue weighted by molar-refractivity contribution is 8.00. The van der Waals surface area contributed by atoms with E-state index in [1.165, 1.54) is 11.8 Å². The highest BCUT2D eigenvalue weighted by Gasteiger charge is 2.17. The van der Waals surface area contributed by atoms with Gasteiger partial charge in [0.15, 0.2) is 11.5 Å².